The number of nitrogens with zero attached hydrogens (tertiary/aromatic N) is 1. The van der Waals surface area contributed by atoms with Crippen LogP contribution in [0.2, 0.25) is 5.02 Å². The van der Waals surface area contributed by atoms with Crippen LogP contribution in [0.15, 0.2) is 18.2 Å². The average molecular weight is 285 g/mol. The molecule has 104 valence electrons. The van der Waals surface area contributed by atoms with Crippen LogP contribution in [0, 0.1) is 11.7 Å². The first-order valence-corrected chi connectivity index (χ1v) is 6.91. The van der Waals surface area contributed by atoms with E-state index in [0.717, 1.165) is 19.5 Å². The minimum absolute atomic E-state index is 0.0593. The van der Waals surface area contributed by atoms with Crippen LogP contribution in [0.3, 0.4) is 0 Å². The van der Waals surface area contributed by atoms with Gasteiger partial charge in [0.15, 0.2) is 0 Å². The lowest BCUT2D eigenvalue weighted by molar-refractivity contribution is -0.130. The maximum absolute atomic E-state index is 13.0. The summed E-state index contributed by atoms with van der Waals surface area (Å²) in [6.45, 7) is 4.03. The molecular weight excluding hydrogens is 267 g/mol. The Morgan fingerprint density at radius 1 is 1.58 bits per heavy atom. The highest BCUT2D eigenvalue weighted by Gasteiger charge is 2.20. The van der Waals surface area contributed by atoms with Crippen molar-refractivity contribution in [2.45, 2.75) is 19.8 Å². The predicted octanol–water partition coefficient (Wildman–Crippen LogP) is 3.15. The molecule has 2 rings (SSSR count). The Labute approximate surface area is 117 Å². The lowest BCUT2D eigenvalue weighted by atomic mass is 10.0. The van der Waals surface area contributed by atoms with Gasteiger partial charge in [-0.2, -0.15) is 0 Å². The Morgan fingerprint density at radius 2 is 2.37 bits per heavy atom. The number of hydrogen-bond donors (Lipinski definition) is 1. The Morgan fingerprint density at radius 3 is 3.05 bits per heavy atom. The molecule has 0 spiro atoms. The Hall–Kier alpha value is -1.29. The van der Waals surface area contributed by atoms with Gasteiger partial charge in [0, 0.05) is 18.8 Å². The van der Waals surface area contributed by atoms with Crippen LogP contribution < -0.4 is 5.32 Å². The van der Waals surface area contributed by atoms with E-state index in [1.54, 1.807) is 6.07 Å². The number of amides is 1. The maximum Gasteiger partial charge on any atom is 0.241 e. The standard InChI is InChI=1S/C14H18ClFN2O/c1-10-3-2-6-18(9-10)14(19)8-17-11-4-5-13(16)12(15)7-11/h4-5,7,10,17H,2-3,6,8-9H2,1H3. The zero-order chi connectivity index (χ0) is 13.8. The molecule has 1 aliphatic heterocycles. The summed E-state index contributed by atoms with van der Waals surface area (Å²) in [4.78, 5) is 13.9. The first-order valence-electron chi connectivity index (χ1n) is 6.53. The van der Waals surface area contributed by atoms with Crippen LogP contribution >= 0.6 is 11.6 Å². The van der Waals surface area contributed by atoms with Crippen molar-refractivity contribution in [1.29, 1.82) is 0 Å². The minimum Gasteiger partial charge on any atom is -0.376 e. The molecule has 1 aromatic rings. The number of nitrogens with one attached hydrogen (secondary N) is 1. The van der Waals surface area contributed by atoms with Gasteiger partial charge >= 0.3 is 0 Å². The quantitative estimate of drug-likeness (QED) is 0.925. The van der Waals surface area contributed by atoms with Crippen molar-refractivity contribution in [2.24, 2.45) is 5.92 Å². The highest BCUT2D eigenvalue weighted by molar-refractivity contribution is 6.31. The molecule has 5 heteroatoms. The third-order valence-electron chi connectivity index (χ3n) is 3.37. The van der Waals surface area contributed by atoms with Gasteiger partial charge in [0.2, 0.25) is 5.91 Å². The number of carbonyl (C=O) groups is 1. The third kappa shape index (κ3) is 3.83. The summed E-state index contributed by atoms with van der Waals surface area (Å²) in [7, 11) is 0. The summed E-state index contributed by atoms with van der Waals surface area (Å²) in [5.74, 6) is 0.188. The van der Waals surface area contributed by atoms with Crippen molar-refractivity contribution in [2.75, 3.05) is 25.0 Å². The highest BCUT2D eigenvalue weighted by atomic mass is 35.5. The summed E-state index contributed by atoms with van der Waals surface area (Å²) in [5, 5.41) is 3.04. The fourth-order valence-electron chi connectivity index (χ4n) is 2.31. The van der Waals surface area contributed by atoms with Crippen LogP contribution in [0.4, 0.5) is 10.1 Å². The smallest absolute Gasteiger partial charge is 0.241 e. The van der Waals surface area contributed by atoms with E-state index < -0.39 is 5.82 Å². The summed E-state index contributed by atoms with van der Waals surface area (Å²) in [6.07, 6.45) is 2.25. The Bertz CT molecular complexity index is 467. The fourth-order valence-corrected chi connectivity index (χ4v) is 2.49. The molecule has 1 unspecified atom stereocenters. The van der Waals surface area contributed by atoms with Crippen molar-refractivity contribution < 1.29 is 9.18 Å². The van der Waals surface area contributed by atoms with Gasteiger partial charge in [-0.3, -0.25) is 4.79 Å². The second kappa shape index (κ2) is 6.24. The van der Waals surface area contributed by atoms with E-state index in [-0.39, 0.29) is 17.5 Å². The molecule has 1 amide bonds. The van der Waals surface area contributed by atoms with Gasteiger partial charge in [-0.1, -0.05) is 18.5 Å². The number of anilines is 1. The van der Waals surface area contributed by atoms with Gasteiger partial charge in [0.1, 0.15) is 5.82 Å². The molecule has 1 N–H and O–H groups in total. The van der Waals surface area contributed by atoms with Crippen LogP contribution in [0.1, 0.15) is 19.8 Å². The van der Waals surface area contributed by atoms with E-state index in [1.807, 2.05) is 4.90 Å². The molecule has 0 bridgehead atoms. The summed E-state index contributed by atoms with van der Waals surface area (Å²) in [6, 6.07) is 4.36. The number of likely N-dealkylation sites (tertiary alicyclic amines) is 1. The molecule has 0 aromatic heterocycles. The monoisotopic (exact) mass is 284 g/mol. The van der Waals surface area contributed by atoms with Crippen molar-refractivity contribution in [3.05, 3.63) is 29.0 Å². The van der Waals surface area contributed by atoms with Gasteiger partial charge in [-0.25, -0.2) is 4.39 Å². The molecule has 1 saturated heterocycles. The summed E-state index contributed by atoms with van der Waals surface area (Å²) in [5.41, 5.74) is 0.657. The molecule has 3 nitrogen and oxygen atoms in total. The molecule has 1 fully saturated rings. The minimum atomic E-state index is -0.455. The zero-order valence-electron chi connectivity index (χ0n) is 11.0. The maximum atomic E-state index is 13.0. The normalized spacial score (nSPS) is 19.3. The fraction of sp³-hybridized carbons (Fsp3) is 0.500. The first-order chi connectivity index (χ1) is 9.06. The molecule has 0 aliphatic carbocycles. The van der Waals surface area contributed by atoms with Gasteiger partial charge in [0.25, 0.3) is 0 Å². The zero-order valence-corrected chi connectivity index (χ0v) is 11.7. The number of carbonyl (C=O) groups excluding carboxylic acids is 1. The van der Waals surface area contributed by atoms with Crippen molar-refractivity contribution in [3.8, 4) is 0 Å². The number of benzene rings is 1. The molecule has 0 radical (unpaired) electrons. The van der Waals surface area contributed by atoms with Crippen molar-refractivity contribution >= 4 is 23.2 Å². The van der Waals surface area contributed by atoms with Gasteiger partial charge in [-0.05, 0) is 37.0 Å². The number of halogens is 2. The van der Waals surface area contributed by atoms with Crippen LogP contribution in [0.5, 0.6) is 0 Å². The highest BCUT2D eigenvalue weighted by Crippen LogP contribution is 2.19. The van der Waals surface area contributed by atoms with E-state index in [2.05, 4.69) is 12.2 Å². The molecule has 1 aliphatic rings. The van der Waals surface area contributed by atoms with E-state index >= 15 is 0 Å². The first kappa shape index (κ1) is 14.1. The lowest BCUT2D eigenvalue weighted by Crippen LogP contribution is -2.41. The number of piperidine rings is 1. The van der Waals surface area contributed by atoms with E-state index in [9.17, 15) is 9.18 Å². The van der Waals surface area contributed by atoms with Crippen LogP contribution in [-0.2, 0) is 4.79 Å². The molecule has 1 atom stereocenters. The van der Waals surface area contributed by atoms with Gasteiger partial charge < -0.3 is 10.2 Å². The number of rotatable bonds is 3. The van der Waals surface area contributed by atoms with Gasteiger partial charge in [0.05, 0.1) is 11.6 Å². The lowest BCUT2D eigenvalue weighted by Gasteiger charge is -2.31. The van der Waals surface area contributed by atoms with Crippen LogP contribution in [-0.4, -0.2) is 30.4 Å². The Balaban J connectivity index is 1.87. The van der Waals surface area contributed by atoms with E-state index in [1.165, 1.54) is 18.6 Å². The topological polar surface area (TPSA) is 32.3 Å². The van der Waals surface area contributed by atoms with Crippen molar-refractivity contribution in [1.82, 2.24) is 4.90 Å². The third-order valence-corrected chi connectivity index (χ3v) is 3.66. The van der Waals surface area contributed by atoms with Crippen LogP contribution in [0.25, 0.3) is 0 Å². The Kier molecular flexibility index (Phi) is 4.64. The predicted molar refractivity (Wildman–Crippen MR) is 74.9 cm³/mol. The van der Waals surface area contributed by atoms with Crippen molar-refractivity contribution in [3.63, 3.8) is 0 Å². The summed E-state index contributed by atoms with van der Waals surface area (Å²) >= 11 is 5.69. The molecule has 19 heavy (non-hydrogen) atoms. The summed E-state index contributed by atoms with van der Waals surface area (Å²) < 4.78 is 13.0. The number of hydrogen-bond acceptors (Lipinski definition) is 2. The molecule has 1 aromatic carbocycles. The average Bonchev–Trinajstić information content (AvgIpc) is 2.40. The van der Waals surface area contributed by atoms with Gasteiger partial charge in [-0.15, -0.1) is 0 Å². The second-order valence-corrected chi connectivity index (χ2v) is 5.48. The SMILES string of the molecule is CC1CCCN(C(=O)CNc2ccc(F)c(Cl)c2)C1. The molecular formula is C14H18ClFN2O. The molecule has 1 heterocycles. The molecule has 0 saturated carbocycles. The van der Waals surface area contributed by atoms with E-state index in [4.69, 9.17) is 11.6 Å². The second-order valence-electron chi connectivity index (χ2n) is 5.07. The van der Waals surface area contributed by atoms with E-state index in [0.29, 0.717) is 11.6 Å². The largest absolute Gasteiger partial charge is 0.376 e.